The van der Waals surface area contributed by atoms with Crippen LogP contribution in [0.1, 0.15) is 11.1 Å². The van der Waals surface area contributed by atoms with Crippen molar-refractivity contribution in [1.29, 1.82) is 0 Å². The molecule has 0 aliphatic carbocycles. The quantitative estimate of drug-likeness (QED) is 0.583. The van der Waals surface area contributed by atoms with Crippen molar-refractivity contribution < 1.29 is 9.53 Å². The van der Waals surface area contributed by atoms with Crippen LogP contribution in [0.3, 0.4) is 0 Å². The highest BCUT2D eigenvalue weighted by atomic mass is 79.9. The van der Waals surface area contributed by atoms with Crippen LogP contribution >= 0.6 is 31.9 Å². The first kappa shape index (κ1) is 16.7. The molecule has 1 amide bonds. The Morgan fingerprint density at radius 1 is 1.23 bits per heavy atom. The molecule has 0 aliphatic rings. The van der Waals surface area contributed by atoms with Crippen molar-refractivity contribution >= 4 is 44.0 Å². The lowest BCUT2D eigenvalue weighted by Gasteiger charge is -2.06. The van der Waals surface area contributed by atoms with E-state index in [1.807, 2.05) is 42.5 Å². The molecule has 0 heterocycles. The molecule has 4 nitrogen and oxygen atoms in total. The molecule has 0 saturated carbocycles. The Morgan fingerprint density at radius 3 is 2.45 bits per heavy atom. The number of carbonyl (C=O) groups excluding carboxylic acids is 1. The molecule has 6 heteroatoms. The van der Waals surface area contributed by atoms with Crippen molar-refractivity contribution in [3.63, 3.8) is 0 Å². The van der Waals surface area contributed by atoms with Gasteiger partial charge in [0.25, 0.3) is 0 Å². The molecule has 1 N–H and O–H groups in total. The monoisotopic (exact) mass is 424 g/mol. The van der Waals surface area contributed by atoms with Crippen molar-refractivity contribution in [3.05, 3.63) is 62.5 Å². The minimum absolute atomic E-state index is 0.158. The third-order valence-corrected chi connectivity index (χ3v) is 4.01. The predicted octanol–water partition coefficient (Wildman–Crippen LogP) is 3.91. The number of halogens is 2. The van der Waals surface area contributed by atoms with Gasteiger partial charge < -0.3 is 4.74 Å². The van der Waals surface area contributed by atoms with Crippen LogP contribution in [0.4, 0.5) is 0 Å². The van der Waals surface area contributed by atoms with E-state index in [-0.39, 0.29) is 5.91 Å². The van der Waals surface area contributed by atoms with Crippen LogP contribution in [0.2, 0.25) is 0 Å². The summed E-state index contributed by atoms with van der Waals surface area (Å²) in [6, 6.07) is 13.2. The van der Waals surface area contributed by atoms with Gasteiger partial charge in [-0.25, -0.2) is 5.43 Å². The van der Waals surface area contributed by atoms with Gasteiger partial charge in [-0.15, -0.1) is 0 Å². The molecular formula is C16H14Br2N2O2. The van der Waals surface area contributed by atoms with Gasteiger partial charge in [-0.1, -0.05) is 30.3 Å². The van der Waals surface area contributed by atoms with E-state index in [0.29, 0.717) is 12.2 Å². The van der Waals surface area contributed by atoms with Crippen LogP contribution in [0.15, 0.2) is 56.5 Å². The zero-order valence-corrected chi connectivity index (χ0v) is 15.0. The molecule has 0 saturated heterocycles. The van der Waals surface area contributed by atoms with E-state index in [0.717, 1.165) is 20.1 Å². The Labute approximate surface area is 145 Å². The fourth-order valence-electron chi connectivity index (χ4n) is 1.85. The molecule has 22 heavy (non-hydrogen) atoms. The Hall–Kier alpha value is -1.66. The first-order chi connectivity index (χ1) is 10.6. The number of hydrazone groups is 1. The van der Waals surface area contributed by atoms with E-state index < -0.39 is 0 Å². The zero-order valence-electron chi connectivity index (χ0n) is 11.8. The maximum absolute atomic E-state index is 11.8. The molecule has 0 aromatic heterocycles. The van der Waals surface area contributed by atoms with Gasteiger partial charge in [-0.2, -0.15) is 5.10 Å². The standard InChI is InChI=1S/C16H14Br2N2O2/c1-22-16-13(17)7-12(8-14(16)18)10-19-20-15(21)9-11-5-3-2-4-6-11/h2-8,10H,9H2,1H3,(H,20,21). The highest BCUT2D eigenvalue weighted by molar-refractivity contribution is 9.11. The molecule has 0 unspecified atom stereocenters. The van der Waals surface area contributed by atoms with Gasteiger partial charge in [0.05, 0.1) is 28.7 Å². The van der Waals surface area contributed by atoms with Crippen LogP contribution in [-0.4, -0.2) is 19.2 Å². The van der Waals surface area contributed by atoms with E-state index in [1.165, 1.54) is 0 Å². The first-order valence-electron chi connectivity index (χ1n) is 6.49. The summed E-state index contributed by atoms with van der Waals surface area (Å²) in [7, 11) is 1.60. The lowest BCUT2D eigenvalue weighted by molar-refractivity contribution is -0.120. The molecule has 2 aromatic carbocycles. The highest BCUT2D eigenvalue weighted by Gasteiger charge is 2.07. The summed E-state index contributed by atoms with van der Waals surface area (Å²) >= 11 is 6.84. The maximum Gasteiger partial charge on any atom is 0.244 e. The summed E-state index contributed by atoms with van der Waals surface area (Å²) in [6.45, 7) is 0. The number of hydrogen-bond acceptors (Lipinski definition) is 3. The maximum atomic E-state index is 11.8. The average Bonchev–Trinajstić information content (AvgIpc) is 2.48. The molecule has 0 aliphatic heterocycles. The van der Waals surface area contributed by atoms with E-state index in [1.54, 1.807) is 13.3 Å². The highest BCUT2D eigenvalue weighted by Crippen LogP contribution is 2.33. The van der Waals surface area contributed by atoms with Gasteiger partial charge in [0, 0.05) is 0 Å². The topological polar surface area (TPSA) is 50.7 Å². The fourth-order valence-corrected chi connectivity index (χ4v) is 3.39. The Bertz CT molecular complexity index is 665. The van der Waals surface area contributed by atoms with E-state index in [4.69, 9.17) is 4.74 Å². The van der Waals surface area contributed by atoms with Gasteiger partial charge in [-0.05, 0) is 55.1 Å². The predicted molar refractivity (Wildman–Crippen MR) is 94.3 cm³/mol. The number of benzene rings is 2. The third-order valence-electron chi connectivity index (χ3n) is 2.84. The van der Waals surface area contributed by atoms with Crippen LogP contribution in [0.25, 0.3) is 0 Å². The van der Waals surface area contributed by atoms with Gasteiger partial charge in [0.1, 0.15) is 5.75 Å². The van der Waals surface area contributed by atoms with Crippen molar-refractivity contribution in [1.82, 2.24) is 5.43 Å². The van der Waals surface area contributed by atoms with Gasteiger partial charge >= 0.3 is 0 Å². The SMILES string of the molecule is COc1c(Br)cc(C=NNC(=O)Cc2ccccc2)cc1Br. The molecule has 0 spiro atoms. The second-order valence-electron chi connectivity index (χ2n) is 4.47. The lowest BCUT2D eigenvalue weighted by atomic mass is 10.1. The Kier molecular flexibility index (Phi) is 6.15. The number of rotatable bonds is 5. The Balaban J connectivity index is 1.96. The minimum Gasteiger partial charge on any atom is -0.494 e. The third kappa shape index (κ3) is 4.68. The number of ether oxygens (including phenoxy) is 1. The van der Waals surface area contributed by atoms with Crippen LogP contribution < -0.4 is 10.2 Å². The number of nitrogens with zero attached hydrogens (tertiary/aromatic N) is 1. The molecular weight excluding hydrogens is 412 g/mol. The summed E-state index contributed by atoms with van der Waals surface area (Å²) in [5.74, 6) is 0.555. The van der Waals surface area contributed by atoms with Crippen molar-refractivity contribution in [2.75, 3.05) is 7.11 Å². The minimum atomic E-state index is -0.158. The average molecular weight is 426 g/mol. The zero-order chi connectivity index (χ0) is 15.9. The number of hydrogen-bond donors (Lipinski definition) is 1. The molecule has 0 radical (unpaired) electrons. The fraction of sp³-hybridized carbons (Fsp3) is 0.125. The van der Waals surface area contributed by atoms with E-state index >= 15 is 0 Å². The number of carbonyl (C=O) groups is 1. The molecule has 114 valence electrons. The largest absolute Gasteiger partial charge is 0.494 e. The van der Waals surface area contributed by atoms with Crippen LogP contribution in [0.5, 0.6) is 5.75 Å². The van der Waals surface area contributed by atoms with E-state index in [2.05, 4.69) is 42.4 Å². The molecule has 0 atom stereocenters. The summed E-state index contributed by atoms with van der Waals surface area (Å²) in [5, 5.41) is 3.97. The smallest absolute Gasteiger partial charge is 0.244 e. The summed E-state index contributed by atoms with van der Waals surface area (Å²) in [4.78, 5) is 11.8. The van der Waals surface area contributed by atoms with Crippen molar-refractivity contribution in [2.45, 2.75) is 6.42 Å². The van der Waals surface area contributed by atoms with Crippen molar-refractivity contribution in [3.8, 4) is 5.75 Å². The second kappa shape index (κ2) is 8.10. The number of nitrogens with one attached hydrogen (secondary N) is 1. The molecule has 2 rings (SSSR count). The molecule has 2 aromatic rings. The summed E-state index contributed by atoms with van der Waals surface area (Å²) < 4.78 is 6.85. The van der Waals surface area contributed by atoms with Gasteiger partial charge in [0.15, 0.2) is 0 Å². The summed E-state index contributed by atoms with van der Waals surface area (Å²) in [5.41, 5.74) is 4.30. The van der Waals surface area contributed by atoms with Crippen LogP contribution in [0, 0.1) is 0 Å². The normalized spacial score (nSPS) is 10.7. The first-order valence-corrected chi connectivity index (χ1v) is 8.07. The van der Waals surface area contributed by atoms with Crippen molar-refractivity contribution in [2.24, 2.45) is 5.10 Å². The van der Waals surface area contributed by atoms with Crippen LogP contribution in [-0.2, 0) is 11.2 Å². The van der Waals surface area contributed by atoms with Gasteiger partial charge in [-0.3, -0.25) is 4.79 Å². The van der Waals surface area contributed by atoms with E-state index in [9.17, 15) is 4.79 Å². The summed E-state index contributed by atoms with van der Waals surface area (Å²) in [6.07, 6.45) is 1.88. The lowest BCUT2D eigenvalue weighted by Crippen LogP contribution is -2.19. The number of methoxy groups -OCH3 is 1. The Morgan fingerprint density at radius 2 is 1.86 bits per heavy atom. The second-order valence-corrected chi connectivity index (χ2v) is 6.18. The number of amides is 1. The molecule has 0 fully saturated rings. The van der Waals surface area contributed by atoms with Gasteiger partial charge in [0.2, 0.25) is 5.91 Å². The molecule has 0 bridgehead atoms.